The van der Waals surface area contributed by atoms with Crippen molar-refractivity contribution in [2.24, 2.45) is 0 Å². The Hall–Kier alpha value is -2.96. The van der Waals surface area contributed by atoms with Crippen molar-refractivity contribution in [3.05, 3.63) is 54.6 Å². The van der Waals surface area contributed by atoms with Crippen LogP contribution >= 0.6 is 0 Å². The topological polar surface area (TPSA) is 71.8 Å². The van der Waals surface area contributed by atoms with Crippen LogP contribution < -0.4 is 10.2 Å². The van der Waals surface area contributed by atoms with E-state index in [0.29, 0.717) is 17.8 Å². The Morgan fingerprint density at radius 3 is 2.58 bits per heavy atom. The second kappa shape index (κ2) is 7.54. The molecule has 0 saturated heterocycles. The van der Waals surface area contributed by atoms with E-state index in [0.717, 1.165) is 19.6 Å². The number of hydrogen-bond acceptors (Lipinski definition) is 6. The van der Waals surface area contributed by atoms with Crippen molar-refractivity contribution in [3.8, 4) is 5.95 Å². The van der Waals surface area contributed by atoms with Crippen molar-refractivity contribution < 1.29 is 0 Å². The highest BCUT2D eigenvalue weighted by atomic mass is 15.3. The lowest BCUT2D eigenvalue weighted by molar-refractivity contribution is 0.771. The van der Waals surface area contributed by atoms with E-state index >= 15 is 0 Å². The molecule has 0 aliphatic carbocycles. The number of rotatable bonds is 7. The maximum Gasteiger partial charge on any atom is 0.241 e. The van der Waals surface area contributed by atoms with Crippen LogP contribution in [0.1, 0.15) is 19.4 Å². The van der Waals surface area contributed by atoms with Gasteiger partial charge in [0.2, 0.25) is 17.8 Å². The summed E-state index contributed by atoms with van der Waals surface area (Å²) in [5.74, 6) is 1.77. The van der Waals surface area contributed by atoms with Gasteiger partial charge in [0.25, 0.3) is 0 Å². The number of anilines is 2. The van der Waals surface area contributed by atoms with Gasteiger partial charge in [-0.1, -0.05) is 30.3 Å². The molecule has 7 nitrogen and oxygen atoms in total. The first-order valence-electron chi connectivity index (χ1n) is 8.07. The van der Waals surface area contributed by atoms with Gasteiger partial charge in [-0.05, 0) is 19.4 Å². The van der Waals surface area contributed by atoms with Crippen LogP contribution in [0.4, 0.5) is 11.9 Å². The van der Waals surface area contributed by atoms with Crippen LogP contribution in [0, 0.1) is 0 Å². The molecule has 1 aromatic carbocycles. The molecule has 3 aromatic rings. The predicted molar refractivity (Wildman–Crippen MR) is 94.3 cm³/mol. The first-order chi connectivity index (χ1) is 11.8. The first-order valence-corrected chi connectivity index (χ1v) is 8.07. The molecule has 0 atom stereocenters. The number of benzene rings is 1. The fourth-order valence-corrected chi connectivity index (χ4v) is 2.35. The summed E-state index contributed by atoms with van der Waals surface area (Å²) in [4.78, 5) is 19.8. The SMILES string of the molecule is CCNc1nc(N(CC)Cc2ccccc2)nc(-n2ccnc2)n1. The Kier molecular flexibility index (Phi) is 5.00. The van der Waals surface area contributed by atoms with Crippen LogP contribution in [-0.2, 0) is 6.54 Å². The summed E-state index contributed by atoms with van der Waals surface area (Å²) in [6.45, 7) is 6.40. The number of imidazole rings is 1. The minimum atomic E-state index is 0.556. The maximum atomic E-state index is 4.61. The van der Waals surface area contributed by atoms with Crippen LogP contribution in [0.3, 0.4) is 0 Å². The normalized spacial score (nSPS) is 10.6. The van der Waals surface area contributed by atoms with Gasteiger partial charge in [-0.3, -0.25) is 4.57 Å². The summed E-state index contributed by atoms with van der Waals surface area (Å²) >= 11 is 0. The molecule has 0 spiro atoms. The molecule has 0 amide bonds. The second-order valence-electron chi connectivity index (χ2n) is 5.26. The van der Waals surface area contributed by atoms with E-state index < -0.39 is 0 Å². The average Bonchev–Trinajstić information content (AvgIpc) is 3.15. The molecular formula is C17H21N7. The fraction of sp³-hybridized carbons (Fsp3) is 0.294. The van der Waals surface area contributed by atoms with Crippen molar-refractivity contribution in [1.29, 1.82) is 0 Å². The van der Waals surface area contributed by atoms with Crippen molar-refractivity contribution >= 4 is 11.9 Å². The van der Waals surface area contributed by atoms with E-state index in [4.69, 9.17) is 0 Å². The Balaban J connectivity index is 1.95. The molecule has 0 fully saturated rings. The molecule has 0 radical (unpaired) electrons. The molecule has 3 rings (SSSR count). The molecule has 0 aliphatic heterocycles. The zero-order chi connectivity index (χ0) is 16.8. The van der Waals surface area contributed by atoms with E-state index in [-0.39, 0.29) is 0 Å². The van der Waals surface area contributed by atoms with E-state index in [2.05, 4.69) is 49.2 Å². The van der Waals surface area contributed by atoms with Gasteiger partial charge >= 0.3 is 0 Å². The molecule has 7 heteroatoms. The molecule has 0 unspecified atom stereocenters. The number of hydrogen-bond donors (Lipinski definition) is 1. The number of nitrogens with one attached hydrogen (secondary N) is 1. The fourth-order valence-electron chi connectivity index (χ4n) is 2.35. The lowest BCUT2D eigenvalue weighted by Gasteiger charge is -2.21. The maximum absolute atomic E-state index is 4.61. The summed E-state index contributed by atoms with van der Waals surface area (Å²) < 4.78 is 1.78. The highest BCUT2D eigenvalue weighted by Crippen LogP contribution is 2.16. The summed E-state index contributed by atoms with van der Waals surface area (Å²) in [5, 5.41) is 3.17. The van der Waals surface area contributed by atoms with Crippen molar-refractivity contribution in [1.82, 2.24) is 24.5 Å². The number of aromatic nitrogens is 5. The first kappa shape index (κ1) is 15.9. The summed E-state index contributed by atoms with van der Waals surface area (Å²) in [6.07, 6.45) is 5.21. The third-order valence-corrected chi connectivity index (χ3v) is 3.56. The van der Waals surface area contributed by atoms with E-state index in [1.165, 1.54) is 5.56 Å². The molecular weight excluding hydrogens is 302 g/mol. The molecule has 1 N–H and O–H groups in total. The van der Waals surface area contributed by atoms with Gasteiger partial charge in [-0.15, -0.1) is 0 Å². The van der Waals surface area contributed by atoms with Gasteiger partial charge < -0.3 is 10.2 Å². The molecule has 24 heavy (non-hydrogen) atoms. The lowest BCUT2D eigenvalue weighted by atomic mass is 10.2. The lowest BCUT2D eigenvalue weighted by Crippen LogP contribution is -2.25. The third-order valence-electron chi connectivity index (χ3n) is 3.56. The van der Waals surface area contributed by atoms with Crippen molar-refractivity contribution in [3.63, 3.8) is 0 Å². The van der Waals surface area contributed by atoms with Gasteiger partial charge in [0.05, 0.1) is 0 Å². The van der Waals surface area contributed by atoms with E-state index in [9.17, 15) is 0 Å². The Bertz CT molecular complexity index is 756. The quantitative estimate of drug-likeness (QED) is 0.720. The third kappa shape index (κ3) is 3.68. The Labute approximate surface area is 141 Å². The number of nitrogens with zero attached hydrogens (tertiary/aromatic N) is 6. The minimum absolute atomic E-state index is 0.556. The van der Waals surface area contributed by atoms with Crippen LogP contribution in [0.2, 0.25) is 0 Å². The molecule has 2 aromatic heterocycles. The highest BCUT2D eigenvalue weighted by molar-refractivity contribution is 5.41. The molecule has 0 saturated carbocycles. The molecule has 0 aliphatic rings. The van der Waals surface area contributed by atoms with E-state index in [1.54, 1.807) is 17.1 Å². The summed E-state index contributed by atoms with van der Waals surface area (Å²) in [7, 11) is 0. The minimum Gasteiger partial charge on any atom is -0.354 e. The largest absolute Gasteiger partial charge is 0.354 e. The smallest absolute Gasteiger partial charge is 0.241 e. The van der Waals surface area contributed by atoms with Crippen LogP contribution in [0.15, 0.2) is 49.1 Å². The monoisotopic (exact) mass is 323 g/mol. The van der Waals surface area contributed by atoms with Crippen LogP contribution in [0.25, 0.3) is 5.95 Å². The van der Waals surface area contributed by atoms with E-state index in [1.807, 2.05) is 31.3 Å². The van der Waals surface area contributed by atoms with Gasteiger partial charge in [-0.2, -0.15) is 15.0 Å². The molecule has 2 heterocycles. The van der Waals surface area contributed by atoms with Crippen LogP contribution in [0.5, 0.6) is 0 Å². The standard InChI is InChI=1S/C17H21N7/c1-3-19-15-20-16(22-17(21-15)24-11-10-18-13-24)23(4-2)12-14-8-6-5-7-9-14/h5-11,13H,3-4,12H2,1-2H3,(H,19,20,21,22). The summed E-state index contributed by atoms with van der Waals surface area (Å²) in [6, 6.07) is 10.3. The zero-order valence-electron chi connectivity index (χ0n) is 13.9. The van der Waals surface area contributed by atoms with Crippen molar-refractivity contribution in [2.45, 2.75) is 20.4 Å². The molecule has 0 bridgehead atoms. The Morgan fingerprint density at radius 2 is 1.92 bits per heavy atom. The predicted octanol–water partition coefficient (Wildman–Crippen LogP) is 2.52. The highest BCUT2D eigenvalue weighted by Gasteiger charge is 2.13. The van der Waals surface area contributed by atoms with Gasteiger partial charge in [-0.25, -0.2) is 4.98 Å². The van der Waals surface area contributed by atoms with Crippen LogP contribution in [-0.4, -0.2) is 37.6 Å². The van der Waals surface area contributed by atoms with Gasteiger partial charge in [0.1, 0.15) is 6.33 Å². The van der Waals surface area contributed by atoms with Gasteiger partial charge in [0.15, 0.2) is 0 Å². The molecule has 124 valence electrons. The second-order valence-corrected chi connectivity index (χ2v) is 5.26. The summed E-state index contributed by atoms with van der Waals surface area (Å²) in [5.41, 5.74) is 1.22. The van der Waals surface area contributed by atoms with Crippen molar-refractivity contribution in [2.75, 3.05) is 23.3 Å². The van der Waals surface area contributed by atoms with Gasteiger partial charge in [0, 0.05) is 32.0 Å². The Morgan fingerprint density at radius 1 is 1.08 bits per heavy atom. The zero-order valence-corrected chi connectivity index (χ0v) is 13.9. The average molecular weight is 323 g/mol.